The molecule has 0 N–H and O–H groups in total. The van der Waals surface area contributed by atoms with E-state index >= 15 is 0 Å². The van der Waals surface area contributed by atoms with Crippen molar-refractivity contribution in [2.45, 2.75) is 13.5 Å². The van der Waals surface area contributed by atoms with Gasteiger partial charge in [0.2, 0.25) is 6.33 Å². The van der Waals surface area contributed by atoms with Gasteiger partial charge in [0.25, 0.3) is 0 Å². The summed E-state index contributed by atoms with van der Waals surface area (Å²) in [5, 5.41) is 0. The Morgan fingerprint density at radius 1 is 1.20 bits per heavy atom. The lowest BCUT2D eigenvalue weighted by Gasteiger charge is -2.06. The van der Waals surface area contributed by atoms with Crippen LogP contribution in [0.1, 0.15) is 6.92 Å². The molecule has 1 aromatic heterocycles. The van der Waals surface area contributed by atoms with Crippen LogP contribution in [0.5, 0.6) is 0 Å². The fourth-order valence-corrected chi connectivity index (χ4v) is 1.44. The molecule has 20 heavy (non-hydrogen) atoms. The number of hydrogen-bond acceptors (Lipinski definition) is 4. The third-order valence-electron chi connectivity index (χ3n) is 2.50. The van der Waals surface area contributed by atoms with Gasteiger partial charge in [-0.25, -0.2) is 13.9 Å². The minimum Gasteiger partial charge on any atom is -0.460 e. The zero-order chi connectivity index (χ0) is 14.8. The lowest BCUT2D eigenvalue weighted by Crippen LogP contribution is -2.24. The number of imidazole rings is 1. The highest BCUT2D eigenvalue weighted by Gasteiger charge is 2.02. The maximum absolute atomic E-state index is 11.0. The molecule has 0 aliphatic heterocycles. The van der Waals surface area contributed by atoms with E-state index in [4.69, 9.17) is 14.2 Å². The highest BCUT2D eigenvalue weighted by atomic mass is 16.6. The molecular formula is C14H23N2O4+. The van der Waals surface area contributed by atoms with E-state index in [1.54, 1.807) is 6.92 Å². The van der Waals surface area contributed by atoms with E-state index in [2.05, 4.69) is 11.1 Å². The molecule has 0 atom stereocenters. The van der Waals surface area contributed by atoms with Crippen molar-refractivity contribution in [3.8, 4) is 0 Å². The van der Waals surface area contributed by atoms with Crippen LogP contribution in [0.4, 0.5) is 0 Å². The van der Waals surface area contributed by atoms with E-state index in [1.165, 1.54) is 0 Å². The molecule has 0 fully saturated rings. The summed E-state index contributed by atoms with van der Waals surface area (Å²) in [6, 6.07) is 0. The SMILES string of the molecule is C=C(C)C(=O)OCCOCCOCCn1cc[n+](C)c1. The third-order valence-corrected chi connectivity index (χ3v) is 2.50. The number of ether oxygens (including phenoxy) is 3. The average Bonchev–Trinajstić information content (AvgIpc) is 2.82. The predicted octanol–water partition coefficient (Wildman–Crippen LogP) is 0.465. The quantitative estimate of drug-likeness (QED) is 0.271. The number of carbonyl (C=O) groups is 1. The highest BCUT2D eigenvalue weighted by molar-refractivity contribution is 5.86. The molecule has 0 aliphatic rings. The van der Waals surface area contributed by atoms with Crippen molar-refractivity contribution in [1.29, 1.82) is 0 Å². The first-order chi connectivity index (χ1) is 9.59. The van der Waals surface area contributed by atoms with E-state index in [0.717, 1.165) is 6.54 Å². The standard InChI is InChI=1S/C14H23N2O4/c1-13(2)14(17)20-11-10-19-9-8-18-7-6-16-5-4-15(3)12-16/h4-5,12H,1,6-11H2,2-3H3/q+1. The van der Waals surface area contributed by atoms with Gasteiger partial charge in [-0.05, 0) is 6.92 Å². The lowest BCUT2D eigenvalue weighted by molar-refractivity contribution is -0.671. The molecule has 1 heterocycles. The molecule has 6 heteroatoms. The van der Waals surface area contributed by atoms with Crippen LogP contribution in [0.25, 0.3) is 0 Å². The molecule has 6 nitrogen and oxygen atoms in total. The second-order valence-corrected chi connectivity index (χ2v) is 4.46. The molecule has 0 saturated heterocycles. The van der Waals surface area contributed by atoms with Crippen LogP contribution in [-0.4, -0.2) is 43.6 Å². The number of hydrogen-bond donors (Lipinski definition) is 0. The summed E-state index contributed by atoms with van der Waals surface area (Å²) >= 11 is 0. The highest BCUT2D eigenvalue weighted by Crippen LogP contribution is 1.91. The molecular weight excluding hydrogens is 260 g/mol. The van der Waals surface area contributed by atoms with Crippen LogP contribution in [0.15, 0.2) is 30.9 Å². The molecule has 0 radical (unpaired) electrons. The van der Waals surface area contributed by atoms with Gasteiger partial charge in [-0.3, -0.25) is 0 Å². The summed E-state index contributed by atoms with van der Waals surface area (Å²) in [6.45, 7) is 8.19. The molecule has 1 rings (SSSR count). The summed E-state index contributed by atoms with van der Waals surface area (Å²) < 4.78 is 19.6. The predicted molar refractivity (Wildman–Crippen MR) is 73.0 cm³/mol. The first kappa shape index (κ1) is 16.4. The second-order valence-electron chi connectivity index (χ2n) is 4.46. The van der Waals surface area contributed by atoms with Gasteiger partial charge >= 0.3 is 5.97 Å². The second kappa shape index (κ2) is 9.28. The fourth-order valence-electron chi connectivity index (χ4n) is 1.44. The number of carbonyl (C=O) groups excluding carboxylic acids is 1. The van der Waals surface area contributed by atoms with Crippen molar-refractivity contribution in [1.82, 2.24) is 4.57 Å². The molecule has 0 saturated carbocycles. The van der Waals surface area contributed by atoms with Gasteiger partial charge in [0, 0.05) is 5.57 Å². The zero-order valence-corrected chi connectivity index (χ0v) is 12.2. The number of nitrogens with zero attached hydrogens (tertiary/aromatic N) is 2. The number of rotatable bonds is 10. The van der Waals surface area contributed by atoms with E-state index in [1.807, 2.05) is 30.3 Å². The van der Waals surface area contributed by atoms with Crippen molar-refractivity contribution >= 4 is 5.97 Å². The molecule has 112 valence electrons. The van der Waals surface area contributed by atoms with Crippen molar-refractivity contribution in [2.24, 2.45) is 7.05 Å². The van der Waals surface area contributed by atoms with E-state index in [-0.39, 0.29) is 12.6 Å². The average molecular weight is 283 g/mol. The van der Waals surface area contributed by atoms with Gasteiger partial charge in [0.15, 0.2) is 0 Å². The van der Waals surface area contributed by atoms with Crippen LogP contribution >= 0.6 is 0 Å². The Balaban J connectivity index is 1.88. The van der Waals surface area contributed by atoms with E-state index < -0.39 is 0 Å². The maximum Gasteiger partial charge on any atom is 0.333 e. The molecule has 0 aromatic carbocycles. The number of aryl methyl sites for hydroxylation is 1. The maximum atomic E-state index is 11.0. The van der Waals surface area contributed by atoms with E-state index in [0.29, 0.717) is 32.0 Å². The molecule has 1 aromatic rings. The van der Waals surface area contributed by atoms with Gasteiger partial charge < -0.3 is 14.2 Å². The number of esters is 1. The minimum absolute atomic E-state index is 0.242. The van der Waals surface area contributed by atoms with Crippen molar-refractivity contribution in [3.63, 3.8) is 0 Å². The summed E-state index contributed by atoms with van der Waals surface area (Å²) in [6.07, 6.45) is 5.97. The molecule has 0 aliphatic carbocycles. The largest absolute Gasteiger partial charge is 0.460 e. The molecule has 0 unspecified atom stereocenters. The van der Waals surface area contributed by atoms with Gasteiger partial charge in [-0.15, -0.1) is 0 Å². The van der Waals surface area contributed by atoms with Gasteiger partial charge in [0.05, 0.1) is 33.5 Å². The summed E-state index contributed by atoms with van der Waals surface area (Å²) in [5.74, 6) is -0.385. The Kier molecular flexibility index (Phi) is 7.60. The lowest BCUT2D eigenvalue weighted by atomic mass is 10.4. The zero-order valence-electron chi connectivity index (χ0n) is 12.2. The monoisotopic (exact) mass is 283 g/mol. The Bertz CT molecular complexity index is 429. The first-order valence-corrected chi connectivity index (χ1v) is 6.58. The Morgan fingerprint density at radius 2 is 1.85 bits per heavy atom. The molecule has 0 spiro atoms. The van der Waals surface area contributed by atoms with Crippen LogP contribution in [0, 0.1) is 0 Å². The van der Waals surface area contributed by atoms with Crippen LogP contribution < -0.4 is 4.57 Å². The van der Waals surface area contributed by atoms with Crippen molar-refractivity contribution < 1.29 is 23.6 Å². The number of aromatic nitrogens is 2. The van der Waals surface area contributed by atoms with Crippen molar-refractivity contribution in [3.05, 3.63) is 30.9 Å². The Morgan fingerprint density at radius 3 is 2.45 bits per heavy atom. The van der Waals surface area contributed by atoms with Gasteiger partial charge in [-0.1, -0.05) is 6.58 Å². The van der Waals surface area contributed by atoms with Crippen molar-refractivity contribution in [2.75, 3.05) is 33.0 Å². The van der Waals surface area contributed by atoms with E-state index in [9.17, 15) is 4.79 Å². The van der Waals surface area contributed by atoms with Crippen LogP contribution in [-0.2, 0) is 32.6 Å². The summed E-state index contributed by atoms with van der Waals surface area (Å²) in [7, 11) is 1.98. The first-order valence-electron chi connectivity index (χ1n) is 6.58. The Labute approximate surface area is 119 Å². The molecule has 0 bridgehead atoms. The Hall–Kier alpha value is -1.66. The van der Waals surface area contributed by atoms with Crippen LogP contribution in [0.3, 0.4) is 0 Å². The van der Waals surface area contributed by atoms with Gasteiger partial charge in [0.1, 0.15) is 25.5 Å². The molecule has 0 amide bonds. The van der Waals surface area contributed by atoms with Gasteiger partial charge in [-0.2, -0.15) is 0 Å². The normalized spacial score (nSPS) is 10.5. The fraction of sp³-hybridized carbons (Fsp3) is 0.571. The topological polar surface area (TPSA) is 53.6 Å². The van der Waals surface area contributed by atoms with Crippen LogP contribution in [0.2, 0.25) is 0 Å². The summed E-state index contributed by atoms with van der Waals surface area (Å²) in [4.78, 5) is 11.0. The smallest absolute Gasteiger partial charge is 0.333 e. The third kappa shape index (κ3) is 7.06. The minimum atomic E-state index is -0.385. The summed E-state index contributed by atoms with van der Waals surface area (Å²) in [5.41, 5.74) is 0.395.